The van der Waals surface area contributed by atoms with E-state index in [4.69, 9.17) is 0 Å². The lowest BCUT2D eigenvalue weighted by molar-refractivity contribution is 0.472. The first kappa shape index (κ1) is 18.2. The van der Waals surface area contributed by atoms with Gasteiger partial charge in [-0.05, 0) is 44.1 Å². The zero-order valence-electron chi connectivity index (χ0n) is 13.9. The van der Waals surface area contributed by atoms with Crippen LogP contribution in [0.3, 0.4) is 0 Å². The van der Waals surface area contributed by atoms with Crippen molar-refractivity contribution in [2.75, 3.05) is 33.2 Å². The number of rotatable bonds is 6. The summed E-state index contributed by atoms with van der Waals surface area (Å²) in [5.41, 5.74) is 1.29. The molecule has 0 aliphatic rings. The van der Waals surface area contributed by atoms with Crippen molar-refractivity contribution < 1.29 is 0 Å². The fourth-order valence-corrected chi connectivity index (χ4v) is 2.45. The highest BCUT2D eigenvalue weighted by Crippen LogP contribution is 2.19. The van der Waals surface area contributed by atoms with Gasteiger partial charge in [-0.2, -0.15) is 11.8 Å². The van der Waals surface area contributed by atoms with E-state index in [9.17, 15) is 0 Å². The zero-order valence-corrected chi connectivity index (χ0v) is 15.6. The van der Waals surface area contributed by atoms with Crippen LogP contribution in [0.5, 0.6) is 0 Å². The Labute approximate surface area is 138 Å². The Kier molecular flexibility index (Phi) is 7.46. The monoisotopic (exact) mass is 325 g/mol. The molecule has 0 aliphatic heterocycles. The molecule has 0 radical (unpaired) electrons. The Morgan fingerprint density at radius 1 is 1.24 bits per heavy atom. The number of guanidine groups is 1. The molecule has 5 heteroatoms. The summed E-state index contributed by atoms with van der Waals surface area (Å²) in [7, 11) is 3.91. The van der Waals surface area contributed by atoms with Crippen molar-refractivity contribution in [3.8, 4) is 0 Å². The van der Waals surface area contributed by atoms with E-state index in [0.717, 1.165) is 19.0 Å². The highest BCUT2D eigenvalue weighted by atomic mass is 32.2. The maximum atomic E-state index is 4.37. The van der Waals surface area contributed by atoms with Gasteiger partial charge in [0.2, 0.25) is 0 Å². The first-order chi connectivity index (χ1) is 9.91. The van der Waals surface area contributed by atoms with E-state index in [-0.39, 0.29) is 4.75 Å². The SMILES string of the molecule is CN=C(NCC(C)(C)SC)N(C)Cc1ccc(SC)cc1. The molecule has 0 saturated carbocycles. The Bertz CT molecular complexity index is 455. The number of hydrogen-bond donors (Lipinski definition) is 1. The minimum Gasteiger partial charge on any atom is -0.355 e. The van der Waals surface area contributed by atoms with Crippen molar-refractivity contribution in [1.29, 1.82) is 0 Å². The lowest BCUT2D eigenvalue weighted by atomic mass is 10.2. The quantitative estimate of drug-likeness (QED) is 0.492. The van der Waals surface area contributed by atoms with Crippen molar-refractivity contribution in [1.82, 2.24) is 10.2 Å². The zero-order chi connectivity index (χ0) is 15.9. The first-order valence-corrected chi connectivity index (χ1v) is 9.46. The predicted molar refractivity (Wildman–Crippen MR) is 98.6 cm³/mol. The molecule has 0 spiro atoms. The summed E-state index contributed by atoms with van der Waals surface area (Å²) in [6, 6.07) is 8.70. The molecule has 1 N–H and O–H groups in total. The summed E-state index contributed by atoms with van der Waals surface area (Å²) in [6.07, 6.45) is 4.24. The Morgan fingerprint density at radius 3 is 2.33 bits per heavy atom. The molecule has 0 aliphatic carbocycles. The van der Waals surface area contributed by atoms with Crippen LogP contribution in [0.15, 0.2) is 34.2 Å². The summed E-state index contributed by atoms with van der Waals surface area (Å²) in [5, 5.41) is 3.45. The van der Waals surface area contributed by atoms with Crippen molar-refractivity contribution in [2.45, 2.75) is 30.0 Å². The van der Waals surface area contributed by atoms with Crippen molar-refractivity contribution in [3.63, 3.8) is 0 Å². The summed E-state index contributed by atoms with van der Waals surface area (Å²) < 4.78 is 0.205. The molecule has 0 fully saturated rings. The summed E-state index contributed by atoms with van der Waals surface area (Å²) in [6.45, 7) is 6.22. The van der Waals surface area contributed by atoms with Crippen LogP contribution in [0.25, 0.3) is 0 Å². The second-order valence-electron chi connectivity index (χ2n) is 5.57. The number of nitrogens with one attached hydrogen (secondary N) is 1. The van der Waals surface area contributed by atoms with Gasteiger partial charge in [-0.3, -0.25) is 4.99 Å². The molecule has 118 valence electrons. The molecular weight excluding hydrogens is 298 g/mol. The molecule has 0 aromatic heterocycles. The maximum Gasteiger partial charge on any atom is 0.193 e. The molecule has 0 heterocycles. The number of nitrogens with zero attached hydrogens (tertiary/aromatic N) is 2. The normalized spacial score (nSPS) is 12.4. The third kappa shape index (κ3) is 6.22. The van der Waals surface area contributed by atoms with Crippen LogP contribution in [-0.4, -0.2) is 48.8 Å². The second-order valence-corrected chi connectivity index (χ2v) is 7.96. The summed E-state index contributed by atoms with van der Waals surface area (Å²) in [4.78, 5) is 7.83. The van der Waals surface area contributed by atoms with E-state index in [1.807, 2.05) is 18.8 Å². The molecule has 1 rings (SSSR count). The fraction of sp³-hybridized carbons (Fsp3) is 0.562. The lowest BCUT2D eigenvalue weighted by Crippen LogP contribution is -2.43. The average molecular weight is 326 g/mol. The third-order valence-corrected chi connectivity index (χ3v) is 5.37. The van der Waals surface area contributed by atoms with Crippen molar-refractivity contribution in [2.24, 2.45) is 4.99 Å². The third-order valence-electron chi connectivity index (χ3n) is 3.38. The number of benzene rings is 1. The van der Waals surface area contributed by atoms with Crippen LogP contribution in [0, 0.1) is 0 Å². The van der Waals surface area contributed by atoms with E-state index >= 15 is 0 Å². The van der Waals surface area contributed by atoms with E-state index in [1.165, 1.54) is 10.5 Å². The van der Waals surface area contributed by atoms with Gasteiger partial charge in [0, 0.05) is 36.8 Å². The maximum absolute atomic E-state index is 4.37. The van der Waals surface area contributed by atoms with Gasteiger partial charge in [0.1, 0.15) is 0 Å². The summed E-state index contributed by atoms with van der Waals surface area (Å²) >= 11 is 3.63. The first-order valence-electron chi connectivity index (χ1n) is 7.01. The van der Waals surface area contributed by atoms with Gasteiger partial charge < -0.3 is 10.2 Å². The molecule has 0 saturated heterocycles. The van der Waals surface area contributed by atoms with Gasteiger partial charge in [0.15, 0.2) is 5.96 Å². The molecule has 0 amide bonds. The molecule has 1 aromatic rings. The van der Waals surface area contributed by atoms with Gasteiger partial charge in [0.25, 0.3) is 0 Å². The van der Waals surface area contributed by atoms with Gasteiger partial charge >= 0.3 is 0 Å². The van der Waals surface area contributed by atoms with Crippen molar-refractivity contribution >= 4 is 29.5 Å². The number of aliphatic imine (C=N–C) groups is 1. The minimum absolute atomic E-state index is 0.205. The molecular formula is C16H27N3S2. The number of thioether (sulfide) groups is 2. The topological polar surface area (TPSA) is 27.6 Å². The molecule has 1 aromatic carbocycles. The summed E-state index contributed by atoms with van der Waals surface area (Å²) in [5.74, 6) is 0.936. The molecule has 0 unspecified atom stereocenters. The van der Waals surface area contributed by atoms with Gasteiger partial charge in [-0.25, -0.2) is 0 Å². The van der Waals surface area contributed by atoms with E-state index in [2.05, 4.69) is 72.9 Å². The standard InChI is InChI=1S/C16H27N3S2/c1-16(2,21-6)12-18-15(17-3)19(4)11-13-7-9-14(20-5)10-8-13/h7-10H,11-12H2,1-6H3,(H,17,18). The Morgan fingerprint density at radius 2 is 1.86 bits per heavy atom. The lowest BCUT2D eigenvalue weighted by Gasteiger charge is -2.27. The van der Waals surface area contributed by atoms with Crippen LogP contribution in [0.1, 0.15) is 19.4 Å². The van der Waals surface area contributed by atoms with Gasteiger partial charge in [-0.1, -0.05) is 12.1 Å². The van der Waals surface area contributed by atoms with E-state index in [1.54, 1.807) is 11.8 Å². The smallest absolute Gasteiger partial charge is 0.193 e. The average Bonchev–Trinajstić information content (AvgIpc) is 2.48. The van der Waals surface area contributed by atoms with Crippen LogP contribution in [-0.2, 0) is 6.54 Å². The van der Waals surface area contributed by atoms with E-state index < -0.39 is 0 Å². The van der Waals surface area contributed by atoms with Gasteiger partial charge in [-0.15, -0.1) is 11.8 Å². The highest BCUT2D eigenvalue weighted by Gasteiger charge is 2.17. The largest absolute Gasteiger partial charge is 0.355 e. The molecule has 21 heavy (non-hydrogen) atoms. The van der Waals surface area contributed by atoms with Crippen molar-refractivity contribution in [3.05, 3.63) is 29.8 Å². The van der Waals surface area contributed by atoms with Gasteiger partial charge in [0.05, 0.1) is 0 Å². The predicted octanol–water partition coefficient (Wildman–Crippen LogP) is 3.56. The van der Waals surface area contributed by atoms with E-state index in [0.29, 0.717) is 0 Å². The van der Waals surface area contributed by atoms with Crippen LogP contribution < -0.4 is 5.32 Å². The Balaban J connectivity index is 2.60. The van der Waals surface area contributed by atoms with Crippen LogP contribution in [0.2, 0.25) is 0 Å². The van der Waals surface area contributed by atoms with Crippen LogP contribution >= 0.6 is 23.5 Å². The Hall–Kier alpha value is -0.810. The molecule has 3 nitrogen and oxygen atoms in total. The molecule has 0 bridgehead atoms. The van der Waals surface area contributed by atoms with Crippen LogP contribution in [0.4, 0.5) is 0 Å². The number of hydrogen-bond acceptors (Lipinski definition) is 3. The molecule has 0 atom stereocenters. The fourth-order valence-electron chi connectivity index (χ4n) is 1.83. The minimum atomic E-state index is 0.205. The second kappa shape index (κ2) is 8.59. The highest BCUT2D eigenvalue weighted by molar-refractivity contribution is 8.00.